The molecule has 0 aromatic heterocycles. The third-order valence-electron chi connectivity index (χ3n) is 2.17. The molecule has 2 nitrogen and oxygen atoms in total. The third kappa shape index (κ3) is 1.30. The van der Waals surface area contributed by atoms with Crippen LogP contribution in [-0.4, -0.2) is 16.3 Å². The molecule has 0 spiro atoms. The Balaban J connectivity index is 2.90. The first-order valence-corrected chi connectivity index (χ1v) is 3.93. The van der Waals surface area contributed by atoms with Gasteiger partial charge in [0.25, 0.3) is 0 Å². The van der Waals surface area contributed by atoms with Gasteiger partial charge in [-0.2, -0.15) is 0 Å². The number of allylic oxidation sites excluding steroid dienone is 1. The maximum atomic E-state index is 11.2. The molecule has 1 heterocycles. The van der Waals surface area contributed by atoms with Gasteiger partial charge in [-0.3, -0.25) is 4.79 Å². The topological polar surface area (TPSA) is 20.3 Å². The molecule has 11 heavy (non-hydrogen) atoms. The van der Waals surface area contributed by atoms with Gasteiger partial charge < -0.3 is 4.90 Å². The van der Waals surface area contributed by atoms with Crippen LogP contribution >= 0.6 is 0 Å². The molecule has 0 aromatic carbocycles. The highest BCUT2D eigenvalue weighted by Gasteiger charge is 2.33. The van der Waals surface area contributed by atoms with E-state index in [0.717, 1.165) is 12.1 Å². The molecule has 0 aromatic rings. The Morgan fingerprint density at radius 3 is 2.36 bits per heavy atom. The van der Waals surface area contributed by atoms with Crippen molar-refractivity contribution in [3.05, 3.63) is 11.8 Å². The fourth-order valence-electron chi connectivity index (χ4n) is 1.73. The van der Waals surface area contributed by atoms with Crippen LogP contribution in [0.3, 0.4) is 0 Å². The van der Waals surface area contributed by atoms with E-state index in [0.29, 0.717) is 0 Å². The summed E-state index contributed by atoms with van der Waals surface area (Å²) in [5.74, 6) is 0.140. The summed E-state index contributed by atoms with van der Waals surface area (Å²) in [6, 6.07) is 0. The van der Waals surface area contributed by atoms with Gasteiger partial charge in [0, 0.05) is 18.2 Å². The van der Waals surface area contributed by atoms with Gasteiger partial charge in [-0.15, -0.1) is 0 Å². The van der Waals surface area contributed by atoms with Gasteiger partial charge in [-0.25, -0.2) is 0 Å². The van der Waals surface area contributed by atoms with E-state index in [2.05, 4.69) is 19.9 Å². The molecule has 0 N–H and O–H groups in total. The van der Waals surface area contributed by atoms with E-state index in [1.54, 1.807) is 6.92 Å². The van der Waals surface area contributed by atoms with Crippen LogP contribution < -0.4 is 0 Å². The van der Waals surface area contributed by atoms with Crippen LogP contribution in [0.4, 0.5) is 0 Å². The number of amides is 1. The number of nitrogens with zero attached hydrogens (tertiary/aromatic N) is 1. The van der Waals surface area contributed by atoms with Crippen LogP contribution in [0.1, 0.15) is 34.1 Å². The Kier molecular flexibility index (Phi) is 1.78. The van der Waals surface area contributed by atoms with E-state index < -0.39 is 0 Å². The standard InChI is InChI=1S/C9H15NO/c1-7-5-6-9(3,4)10(7)8(2)11/h5H,6H2,1-4H3. The Morgan fingerprint density at radius 1 is 1.64 bits per heavy atom. The van der Waals surface area contributed by atoms with Gasteiger partial charge in [0.2, 0.25) is 5.91 Å². The second kappa shape index (κ2) is 2.36. The fraction of sp³-hybridized carbons (Fsp3) is 0.667. The summed E-state index contributed by atoms with van der Waals surface area (Å²) in [6.45, 7) is 7.77. The molecule has 62 valence electrons. The molecule has 1 amide bonds. The first-order valence-electron chi connectivity index (χ1n) is 3.93. The fourth-order valence-corrected chi connectivity index (χ4v) is 1.73. The van der Waals surface area contributed by atoms with Gasteiger partial charge in [0.1, 0.15) is 0 Å². The number of rotatable bonds is 0. The lowest BCUT2D eigenvalue weighted by Gasteiger charge is -2.32. The summed E-state index contributed by atoms with van der Waals surface area (Å²) >= 11 is 0. The van der Waals surface area contributed by atoms with Crippen molar-refractivity contribution in [1.29, 1.82) is 0 Å². The molecule has 0 unspecified atom stereocenters. The van der Waals surface area contributed by atoms with Crippen molar-refractivity contribution in [2.75, 3.05) is 0 Å². The SMILES string of the molecule is CC(=O)N1C(C)=CCC1(C)C. The summed E-state index contributed by atoms with van der Waals surface area (Å²) in [5, 5.41) is 0. The summed E-state index contributed by atoms with van der Waals surface area (Å²) in [7, 11) is 0. The second-order valence-corrected chi connectivity index (χ2v) is 3.72. The van der Waals surface area contributed by atoms with E-state index >= 15 is 0 Å². The monoisotopic (exact) mass is 153 g/mol. The molecule has 1 rings (SSSR count). The lowest BCUT2D eigenvalue weighted by atomic mass is 10.0. The van der Waals surface area contributed by atoms with E-state index in [1.807, 2.05) is 11.8 Å². The van der Waals surface area contributed by atoms with E-state index in [-0.39, 0.29) is 11.4 Å². The predicted molar refractivity (Wildman–Crippen MR) is 45.0 cm³/mol. The number of hydrogen-bond acceptors (Lipinski definition) is 1. The van der Waals surface area contributed by atoms with Crippen LogP contribution in [-0.2, 0) is 4.79 Å². The first kappa shape index (κ1) is 8.31. The van der Waals surface area contributed by atoms with Crippen LogP contribution in [0.2, 0.25) is 0 Å². The van der Waals surface area contributed by atoms with Crippen LogP contribution in [0.25, 0.3) is 0 Å². The van der Waals surface area contributed by atoms with Crippen molar-refractivity contribution < 1.29 is 4.79 Å². The molecule has 0 radical (unpaired) electrons. The minimum atomic E-state index is -0.00405. The Labute approximate surface area is 67.9 Å². The lowest BCUT2D eigenvalue weighted by molar-refractivity contribution is -0.130. The van der Waals surface area contributed by atoms with Crippen LogP contribution in [0, 0.1) is 0 Å². The van der Waals surface area contributed by atoms with Crippen molar-refractivity contribution in [1.82, 2.24) is 4.90 Å². The highest BCUT2D eigenvalue weighted by molar-refractivity contribution is 5.76. The molecule has 0 saturated carbocycles. The molecule has 0 bridgehead atoms. The normalized spacial score (nSPS) is 21.8. The zero-order chi connectivity index (χ0) is 8.65. The third-order valence-corrected chi connectivity index (χ3v) is 2.17. The highest BCUT2D eigenvalue weighted by atomic mass is 16.2. The quantitative estimate of drug-likeness (QED) is 0.520. The van der Waals surface area contributed by atoms with E-state index in [4.69, 9.17) is 0 Å². The molecule has 0 aliphatic carbocycles. The number of carbonyl (C=O) groups is 1. The van der Waals surface area contributed by atoms with Crippen LogP contribution in [0.15, 0.2) is 11.8 Å². The zero-order valence-electron chi connectivity index (χ0n) is 7.64. The lowest BCUT2D eigenvalue weighted by Crippen LogP contribution is -2.41. The van der Waals surface area contributed by atoms with Gasteiger partial charge in [-0.05, 0) is 27.2 Å². The molecule has 2 heteroatoms. The molecular formula is C9H15NO. The van der Waals surface area contributed by atoms with Gasteiger partial charge in [-0.1, -0.05) is 6.08 Å². The maximum absolute atomic E-state index is 11.2. The smallest absolute Gasteiger partial charge is 0.224 e. The van der Waals surface area contributed by atoms with Crippen molar-refractivity contribution in [3.63, 3.8) is 0 Å². The Morgan fingerprint density at radius 2 is 2.18 bits per heavy atom. The van der Waals surface area contributed by atoms with E-state index in [9.17, 15) is 4.79 Å². The second-order valence-electron chi connectivity index (χ2n) is 3.72. The van der Waals surface area contributed by atoms with E-state index in [1.165, 1.54) is 0 Å². The minimum absolute atomic E-state index is 0.00405. The number of carbonyl (C=O) groups excluding carboxylic acids is 1. The Hall–Kier alpha value is -0.790. The summed E-state index contributed by atoms with van der Waals surface area (Å²) < 4.78 is 0. The molecule has 0 fully saturated rings. The van der Waals surface area contributed by atoms with Crippen molar-refractivity contribution >= 4 is 5.91 Å². The average molecular weight is 153 g/mol. The highest BCUT2D eigenvalue weighted by Crippen LogP contribution is 2.30. The predicted octanol–water partition coefficient (Wildman–Crippen LogP) is 1.92. The summed E-state index contributed by atoms with van der Waals surface area (Å²) in [6.07, 6.45) is 3.08. The van der Waals surface area contributed by atoms with Crippen molar-refractivity contribution in [2.45, 2.75) is 39.7 Å². The van der Waals surface area contributed by atoms with Gasteiger partial charge in [0.05, 0.1) is 0 Å². The van der Waals surface area contributed by atoms with Crippen molar-refractivity contribution in [2.24, 2.45) is 0 Å². The number of hydrogen-bond donors (Lipinski definition) is 0. The van der Waals surface area contributed by atoms with Crippen molar-refractivity contribution in [3.8, 4) is 0 Å². The van der Waals surface area contributed by atoms with Gasteiger partial charge in [0.15, 0.2) is 0 Å². The minimum Gasteiger partial charge on any atom is -0.311 e. The summed E-state index contributed by atoms with van der Waals surface area (Å²) in [4.78, 5) is 13.0. The molecule has 1 aliphatic rings. The zero-order valence-corrected chi connectivity index (χ0v) is 7.64. The molecular weight excluding hydrogens is 138 g/mol. The molecule has 0 atom stereocenters. The van der Waals surface area contributed by atoms with Gasteiger partial charge >= 0.3 is 0 Å². The largest absolute Gasteiger partial charge is 0.311 e. The molecule has 1 aliphatic heterocycles. The average Bonchev–Trinajstić information content (AvgIpc) is 2.06. The summed E-state index contributed by atoms with van der Waals surface area (Å²) in [5.41, 5.74) is 1.08. The molecule has 0 saturated heterocycles. The Bertz CT molecular complexity index is 216. The van der Waals surface area contributed by atoms with Crippen LogP contribution in [0.5, 0.6) is 0 Å². The first-order chi connectivity index (χ1) is 4.95. The maximum Gasteiger partial charge on any atom is 0.224 e.